The van der Waals surface area contributed by atoms with Crippen LogP contribution in [0.25, 0.3) is 0 Å². The molecule has 1 unspecified atom stereocenters. The zero-order valence-corrected chi connectivity index (χ0v) is 10.2. The highest BCUT2D eigenvalue weighted by atomic mass is 19.1. The van der Waals surface area contributed by atoms with Crippen LogP contribution < -0.4 is 5.32 Å². The van der Waals surface area contributed by atoms with Crippen molar-refractivity contribution in [3.05, 3.63) is 35.4 Å². The average Bonchev–Trinajstić information content (AvgIpc) is 2.49. The van der Waals surface area contributed by atoms with Gasteiger partial charge in [0.15, 0.2) is 0 Å². The molecule has 0 aromatic heterocycles. The molecule has 1 saturated heterocycles. The highest BCUT2D eigenvalue weighted by Crippen LogP contribution is 2.14. The van der Waals surface area contributed by atoms with E-state index in [2.05, 4.69) is 5.32 Å². The second-order valence-electron chi connectivity index (χ2n) is 4.52. The second-order valence-corrected chi connectivity index (χ2v) is 4.52. The zero-order chi connectivity index (χ0) is 13.1. The van der Waals surface area contributed by atoms with Gasteiger partial charge in [-0.3, -0.25) is 4.79 Å². The Hall–Kier alpha value is -1.49. The number of nitrogens with zero attached hydrogens (tertiary/aromatic N) is 1. The summed E-state index contributed by atoms with van der Waals surface area (Å²) in [7, 11) is 0. The van der Waals surface area contributed by atoms with Gasteiger partial charge in [-0.25, -0.2) is 8.78 Å². The molecule has 0 spiro atoms. The first-order chi connectivity index (χ1) is 8.58. The van der Waals surface area contributed by atoms with Crippen LogP contribution in [-0.4, -0.2) is 29.9 Å². The first-order valence-corrected chi connectivity index (χ1v) is 6.04. The standard InChI is InChI=1S/C13H16F2N2O/c1-9-13(18)17(6-2-5-16-9)8-10-7-11(14)3-4-12(10)15/h3-4,7,9,16H,2,5-6,8H2,1H3. The lowest BCUT2D eigenvalue weighted by Gasteiger charge is -2.22. The summed E-state index contributed by atoms with van der Waals surface area (Å²) in [4.78, 5) is 13.6. The molecular weight excluding hydrogens is 238 g/mol. The van der Waals surface area contributed by atoms with E-state index < -0.39 is 11.6 Å². The molecular formula is C13H16F2N2O. The topological polar surface area (TPSA) is 32.3 Å². The van der Waals surface area contributed by atoms with Crippen LogP contribution in [0.15, 0.2) is 18.2 Å². The van der Waals surface area contributed by atoms with E-state index >= 15 is 0 Å². The number of hydrogen-bond acceptors (Lipinski definition) is 2. The molecule has 5 heteroatoms. The van der Waals surface area contributed by atoms with Crippen molar-refractivity contribution in [3.8, 4) is 0 Å². The number of carbonyl (C=O) groups is 1. The van der Waals surface area contributed by atoms with Gasteiger partial charge in [0.05, 0.1) is 6.04 Å². The van der Waals surface area contributed by atoms with Crippen molar-refractivity contribution in [2.75, 3.05) is 13.1 Å². The largest absolute Gasteiger partial charge is 0.337 e. The first kappa shape index (κ1) is 13.0. The van der Waals surface area contributed by atoms with Gasteiger partial charge >= 0.3 is 0 Å². The van der Waals surface area contributed by atoms with Gasteiger partial charge in [-0.2, -0.15) is 0 Å². The maximum absolute atomic E-state index is 13.5. The van der Waals surface area contributed by atoms with Crippen LogP contribution in [0.1, 0.15) is 18.9 Å². The molecule has 0 bridgehead atoms. The van der Waals surface area contributed by atoms with Gasteiger partial charge in [0.2, 0.25) is 5.91 Å². The summed E-state index contributed by atoms with van der Waals surface area (Å²) in [5.41, 5.74) is 0.220. The summed E-state index contributed by atoms with van der Waals surface area (Å²) in [6.45, 7) is 3.22. The molecule has 3 nitrogen and oxygen atoms in total. The maximum Gasteiger partial charge on any atom is 0.239 e. The first-order valence-electron chi connectivity index (χ1n) is 6.04. The molecule has 1 atom stereocenters. The summed E-state index contributed by atoms with van der Waals surface area (Å²) in [6, 6.07) is 3.04. The third-order valence-electron chi connectivity index (χ3n) is 3.11. The van der Waals surface area contributed by atoms with Crippen molar-refractivity contribution in [1.29, 1.82) is 0 Å². The fourth-order valence-electron chi connectivity index (χ4n) is 2.09. The lowest BCUT2D eigenvalue weighted by atomic mass is 10.1. The molecule has 1 heterocycles. The van der Waals surface area contributed by atoms with E-state index in [0.29, 0.717) is 6.54 Å². The number of hydrogen-bond donors (Lipinski definition) is 1. The Morgan fingerprint density at radius 1 is 1.44 bits per heavy atom. The summed E-state index contributed by atoms with van der Waals surface area (Å²) in [6.07, 6.45) is 0.813. The molecule has 1 fully saturated rings. The summed E-state index contributed by atoms with van der Waals surface area (Å²) < 4.78 is 26.6. The molecule has 98 valence electrons. The number of rotatable bonds is 2. The van der Waals surface area contributed by atoms with Crippen LogP contribution >= 0.6 is 0 Å². The highest BCUT2D eigenvalue weighted by molar-refractivity contribution is 5.81. The quantitative estimate of drug-likeness (QED) is 0.870. The monoisotopic (exact) mass is 254 g/mol. The Balaban J connectivity index is 2.16. The fraction of sp³-hybridized carbons (Fsp3) is 0.462. The van der Waals surface area contributed by atoms with Gasteiger partial charge in [-0.1, -0.05) is 0 Å². The summed E-state index contributed by atoms with van der Waals surface area (Å²) in [5.74, 6) is -1.04. The van der Waals surface area contributed by atoms with Crippen LogP contribution in [-0.2, 0) is 11.3 Å². The fourth-order valence-corrected chi connectivity index (χ4v) is 2.09. The molecule has 2 rings (SSSR count). The average molecular weight is 254 g/mol. The van der Waals surface area contributed by atoms with Gasteiger partial charge in [0.25, 0.3) is 0 Å². The third-order valence-corrected chi connectivity index (χ3v) is 3.11. The predicted octanol–water partition coefficient (Wildman–Crippen LogP) is 1.68. The number of nitrogens with one attached hydrogen (secondary N) is 1. The Morgan fingerprint density at radius 3 is 3.00 bits per heavy atom. The molecule has 0 aliphatic carbocycles. The number of halogens is 2. The van der Waals surface area contributed by atoms with Crippen molar-refractivity contribution in [2.45, 2.75) is 25.9 Å². The highest BCUT2D eigenvalue weighted by Gasteiger charge is 2.23. The molecule has 1 aliphatic rings. The SMILES string of the molecule is CC1NCCCN(Cc2cc(F)ccc2F)C1=O. The smallest absolute Gasteiger partial charge is 0.239 e. The van der Waals surface area contributed by atoms with Crippen molar-refractivity contribution >= 4 is 5.91 Å². The van der Waals surface area contributed by atoms with E-state index in [0.717, 1.165) is 31.2 Å². The van der Waals surface area contributed by atoms with Gasteiger partial charge in [-0.05, 0) is 38.1 Å². The maximum atomic E-state index is 13.5. The van der Waals surface area contributed by atoms with E-state index in [-0.39, 0.29) is 24.1 Å². The molecule has 1 aromatic carbocycles. The van der Waals surface area contributed by atoms with Crippen molar-refractivity contribution in [2.24, 2.45) is 0 Å². The van der Waals surface area contributed by atoms with Gasteiger partial charge in [0, 0.05) is 18.7 Å². The minimum absolute atomic E-state index is 0.0730. The number of benzene rings is 1. The molecule has 1 amide bonds. The Morgan fingerprint density at radius 2 is 2.22 bits per heavy atom. The molecule has 18 heavy (non-hydrogen) atoms. The van der Waals surface area contributed by atoms with E-state index in [4.69, 9.17) is 0 Å². The molecule has 1 aromatic rings. The van der Waals surface area contributed by atoms with E-state index in [1.807, 2.05) is 0 Å². The van der Waals surface area contributed by atoms with E-state index in [1.165, 1.54) is 0 Å². The lowest BCUT2D eigenvalue weighted by molar-refractivity contribution is -0.132. The van der Waals surface area contributed by atoms with Crippen LogP contribution in [0, 0.1) is 11.6 Å². The van der Waals surface area contributed by atoms with E-state index in [1.54, 1.807) is 11.8 Å². The van der Waals surface area contributed by atoms with Gasteiger partial charge in [0.1, 0.15) is 11.6 Å². The second kappa shape index (κ2) is 5.44. The molecule has 0 saturated carbocycles. The van der Waals surface area contributed by atoms with Gasteiger partial charge < -0.3 is 10.2 Å². The minimum Gasteiger partial charge on any atom is -0.337 e. The number of amides is 1. The summed E-state index contributed by atoms with van der Waals surface area (Å²) in [5, 5.41) is 3.08. The van der Waals surface area contributed by atoms with Gasteiger partial charge in [-0.15, -0.1) is 0 Å². The minimum atomic E-state index is -0.486. The lowest BCUT2D eigenvalue weighted by Crippen LogP contribution is -2.41. The van der Waals surface area contributed by atoms with Crippen LogP contribution in [0.2, 0.25) is 0 Å². The molecule has 1 N–H and O–H groups in total. The van der Waals surface area contributed by atoms with E-state index in [9.17, 15) is 13.6 Å². The zero-order valence-electron chi connectivity index (χ0n) is 10.2. The van der Waals surface area contributed by atoms with Crippen molar-refractivity contribution in [1.82, 2.24) is 10.2 Å². The predicted molar refractivity (Wildman–Crippen MR) is 63.9 cm³/mol. The Kier molecular flexibility index (Phi) is 3.91. The number of carbonyl (C=O) groups excluding carboxylic acids is 1. The van der Waals surface area contributed by atoms with Crippen LogP contribution in [0.3, 0.4) is 0 Å². The third kappa shape index (κ3) is 2.85. The normalized spacial score (nSPS) is 20.9. The Labute approximate surface area is 105 Å². The van der Waals surface area contributed by atoms with Crippen molar-refractivity contribution < 1.29 is 13.6 Å². The molecule has 0 radical (unpaired) electrons. The van der Waals surface area contributed by atoms with Crippen molar-refractivity contribution in [3.63, 3.8) is 0 Å². The molecule has 1 aliphatic heterocycles. The Bertz CT molecular complexity index is 451. The van der Waals surface area contributed by atoms with Crippen LogP contribution in [0.5, 0.6) is 0 Å². The van der Waals surface area contributed by atoms with Crippen LogP contribution in [0.4, 0.5) is 8.78 Å². The summed E-state index contributed by atoms with van der Waals surface area (Å²) >= 11 is 0.